The number of nitrogens with zero attached hydrogens (tertiary/aromatic N) is 1. The monoisotopic (exact) mass is 202 g/mol. The molecule has 1 aromatic heterocycles. The SMILES string of the molecule is O=Cc1nc(O)c(Cc2ccccc2)[nH]1. The van der Waals surface area contributed by atoms with E-state index in [9.17, 15) is 9.90 Å². The average Bonchev–Trinajstić information content (AvgIpc) is 2.61. The van der Waals surface area contributed by atoms with Crippen LogP contribution in [0.3, 0.4) is 0 Å². The van der Waals surface area contributed by atoms with Crippen molar-refractivity contribution in [2.75, 3.05) is 0 Å². The molecule has 4 heteroatoms. The molecule has 0 saturated heterocycles. The smallest absolute Gasteiger partial charge is 0.233 e. The number of carbonyl (C=O) groups is 1. The van der Waals surface area contributed by atoms with E-state index in [1.165, 1.54) is 0 Å². The van der Waals surface area contributed by atoms with Gasteiger partial charge in [-0.1, -0.05) is 30.3 Å². The second-order valence-corrected chi connectivity index (χ2v) is 3.20. The van der Waals surface area contributed by atoms with Crippen LogP contribution in [0.15, 0.2) is 30.3 Å². The number of hydrogen-bond donors (Lipinski definition) is 2. The van der Waals surface area contributed by atoms with Gasteiger partial charge >= 0.3 is 0 Å². The summed E-state index contributed by atoms with van der Waals surface area (Å²) in [4.78, 5) is 16.8. The summed E-state index contributed by atoms with van der Waals surface area (Å²) in [7, 11) is 0. The molecule has 2 rings (SSSR count). The first kappa shape index (κ1) is 9.45. The van der Waals surface area contributed by atoms with Gasteiger partial charge in [0.25, 0.3) is 0 Å². The van der Waals surface area contributed by atoms with Crippen LogP contribution in [0.5, 0.6) is 5.88 Å². The zero-order valence-corrected chi connectivity index (χ0v) is 7.97. The predicted octanol–water partition coefficient (Wildman–Crippen LogP) is 1.52. The third-order valence-corrected chi connectivity index (χ3v) is 2.11. The van der Waals surface area contributed by atoms with Crippen molar-refractivity contribution in [2.24, 2.45) is 0 Å². The highest BCUT2D eigenvalue weighted by Gasteiger charge is 2.08. The largest absolute Gasteiger partial charge is 0.492 e. The van der Waals surface area contributed by atoms with E-state index in [0.29, 0.717) is 18.4 Å². The molecule has 0 aliphatic heterocycles. The number of imidazole rings is 1. The van der Waals surface area contributed by atoms with Gasteiger partial charge < -0.3 is 10.1 Å². The van der Waals surface area contributed by atoms with Gasteiger partial charge in [0.15, 0.2) is 12.1 Å². The number of carbonyl (C=O) groups excluding carboxylic acids is 1. The molecule has 0 aliphatic rings. The van der Waals surface area contributed by atoms with Crippen molar-refractivity contribution < 1.29 is 9.90 Å². The average molecular weight is 202 g/mol. The summed E-state index contributed by atoms with van der Waals surface area (Å²) >= 11 is 0. The molecule has 15 heavy (non-hydrogen) atoms. The van der Waals surface area contributed by atoms with E-state index in [1.54, 1.807) is 0 Å². The Balaban J connectivity index is 2.24. The lowest BCUT2D eigenvalue weighted by Crippen LogP contribution is -1.89. The minimum Gasteiger partial charge on any atom is -0.492 e. The van der Waals surface area contributed by atoms with Gasteiger partial charge in [-0.25, -0.2) is 0 Å². The molecule has 0 saturated carbocycles. The zero-order valence-electron chi connectivity index (χ0n) is 7.97. The van der Waals surface area contributed by atoms with Crippen LogP contribution in [-0.4, -0.2) is 21.4 Å². The first-order chi connectivity index (χ1) is 7.29. The second kappa shape index (κ2) is 3.96. The van der Waals surface area contributed by atoms with Gasteiger partial charge in [0, 0.05) is 6.42 Å². The van der Waals surface area contributed by atoms with Crippen molar-refractivity contribution in [3.63, 3.8) is 0 Å². The van der Waals surface area contributed by atoms with Crippen molar-refractivity contribution in [1.29, 1.82) is 0 Å². The number of hydrogen-bond acceptors (Lipinski definition) is 3. The third kappa shape index (κ3) is 2.04. The van der Waals surface area contributed by atoms with Crippen molar-refractivity contribution in [3.8, 4) is 5.88 Å². The van der Waals surface area contributed by atoms with Crippen molar-refractivity contribution >= 4 is 6.29 Å². The molecular weight excluding hydrogens is 192 g/mol. The van der Waals surface area contributed by atoms with Gasteiger partial charge in [0.1, 0.15) is 0 Å². The normalized spacial score (nSPS) is 10.1. The lowest BCUT2D eigenvalue weighted by atomic mass is 10.1. The van der Waals surface area contributed by atoms with E-state index in [-0.39, 0.29) is 11.7 Å². The van der Waals surface area contributed by atoms with E-state index >= 15 is 0 Å². The lowest BCUT2D eigenvalue weighted by Gasteiger charge is -1.97. The molecule has 4 nitrogen and oxygen atoms in total. The fourth-order valence-electron chi connectivity index (χ4n) is 1.40. The first-order valence-corrected chi connectivity index (χ1v) is 4.56. The van der Waals surface area contributed by atoms with Crippen LogP contribution in [0.1, 0.15) is 21.9 Å². The van der Waals surface area contributed by atoms with Crippen LogP contribution in [0.4, 0.5) is 0 Å². The topological polar surface area (TPSA) is 66.0 Å². The quantitative estimate of drug-likeness (QED) is 0.741. The molecule has 1 aromatic carbocycles. The molecule has 0 radical (unpaired) electrons. The highest BCUT2D eigenvalue weighted by atomic mass is 16.3. The highest BCUT2D eigenvalue weighted by Crippen LogP contribution is 2.16. The summed E-state index contributed by atoms with van der Waals surface area (Å²) in [5.41, 5.74) is 1.61. The fraction of sp³-hybridized carbons (Fsp3) is 0.0909. The number of benzene rings is 1. The maximum Gasteiger partial charge on any atom is 0.233 e. The van der Waals surface area contributed by atoms with E-state index in [1.807, 2.05) is 30.3 Å². The zero-order chi connectivity index (χ0) is 10.7. The van der Waals surface area contributed by atoms with Crippen LogP contribution in [0.25, 0.3) is 0 Å². The Morgan fingerprint density at radius 1 is 1.33 bits per heavy atom. The molecular formula is C11H10N2O2. The Morgan fingerprint density at radius 2 is 2.07 bits per heavy atom. The predicted molar refractivity (Wildman–Crippen MR) is 54.9 cm³/mol. The molecule has 0 amide bonds. The van der Waals surface area contributed by atoms with E-state index in [2.05, 4.69) is 9.97 Å². The number of aromatic hydroxyl groups is 1. The standard InChI is InChI=1S/C11H10N2O2/c14-7-10-12-9(11(15)13-10)6-8-4-2-1-3-5-8/h1-5,7,15H,6H2,(H,12,13). The maximum atomic E-state index is 10.4. The molecule has 1 heterocycles. The summed E-state index contributed by atoms with van der Waals surface area (Å²) < 4.78 is 0. The van der Waals surface area contributed by atoms with Gasteiger partial charge in [-0.15, -0.1) is 0 Å². The number of nitrogens with one attached hydrogen (secondary N) is 1. The van der Waals surface area contributed by atoms with Crippen LogP contribution < -0.4 is 0 Å². The van der Waals surface area contributed by atoms with Gasteiger partial charge in [0.2, 0.25) is 5.88 Å². The molecule has 2 N–H and O–H groups in total. The molecule has 0 aliphatic carbocycles. The van der Waals surface area contributed by atoms with Crippen LogP contribution in [-0.2, 0) is 6.42 Å². The third-order valence-electron chi connectivity index (χ3n) is 2.11. The molecule has 0 unspecified atom stereocenters. The summed E-state index contributed by atoms with van der Waals surface area (Å²) in [5, 5.41) is 9.42. The van der Waals surface area contributed by atoms with Crippen molar-refractivity contribution in [2.45, 2.75) is 6.42 Å². The Bertz CT molecular complexity index is 463. The molecule has 0 spiro atoms. The molecule has 0 atom stereocenters. The second-order valence-electron chi connectivity index (χ2n) is 3.20. The Morgan fingerprint density at radius 3 is 2.67 bits per heavy atom. The molecule has 0 bridgehead atoms. The molecule has 0 fully saturated rings. The van der Waals surface area contributed by atoms with Gasteiger partial charge in [-0.05, 0) is 5.56 Å². The summed E-state index contributed by atoms with van der Waals surface area (Å²) in [6, 6.07) is 9.65. The summed E-state index contributed by atoms with van der Waals surface area (Å²) in [5.74, 6) is 0.0411. The minimum absolute atomic E-state index is 0.110. The minimum atomic E-state index is -0.110. The number of aldehydes is 1. The van der Waals surface area contributed by atoms with Crippen LogP contribution >= 0.6 is 0 Å². The number of rotatable bonds is 3. The number of aromatic nitrogens is 2. The summed E-state index contributed by atoms with van der Waals surface area (Å²) in [6.45, 7) is 0. The van der Waals surface area contributed by atoms with Gasteiger partial charge in [-0.2, -0.15) is 4.98 Å². The Labute approximate surface area is 86.6 Å². The number of aromatic amines is 1. The Kier molecular flexibility index (Phi) is 2.49. The molecule has 76 valence electrons. The van der Waals surface area contributed by atoms with E-state index in [0.717, 1.165) is 5.56 Å². The summed E-state index contributed by atoms with van der Waals surface area (Å²) in [6.07, 6.45) is 1.11. The van der Waals surface area contributed by atoms with Crippen LogP contribution in [0.2, 0.25) is 0 Å². The lowest BCUT2D eigenvalue weighted by molar-refractivity contribution is 0.111. The maximum absolute atomic E-state index is 10.4. The number of H-pyrrole nitrogens is 1. The fourth-order valence-corrected chi connectivity index (χ4v) is 1.40. The van der Waals surface area contributed by atoms with Crippen molar-refractivity contribution in [3.05, 3.63) is 47.4 Å². The van der Waals surface area contributed by atoms with Gasteiger partial charge in [-0.3, -0.25) is 4.79 Å². The van der Waals surface area contributed by atoms with Gasteiger partial charge in [0.05, 0.1) is 5.69 Å². The molecule has 2 aromatic rings. The van der Waals surface area contributed by atoms with Crippen molar-refractivity contribution in [1.82, 2.24) is 9.97 Å². The first-order valence-electron chi connectivity index (χ1n) is 4.56. The highest BCUT2D eigenvalue weighted by molar-refractivity contribution is 5.69. The van der Waals surface area contributed by atoms with E-state index in [4.69, 9.17) is 0 Å². The van der Waals surface area contributed by atoms with E-state index < -0.39 is 0 Å². The Hall–Kier alpha value is -2.10. The van der Waals surface area contributed by atoms with Crippen LogP contribution in [0, 0.1) is 0 Å².